The monoisotopic (exact) mass is 539 g/mol. The number of halogens is 1. The molecule has 0 atom stereocenters. The van der Waals surface area contributed by atoms with E-state index < -0.39 is 17.8 Å². The van der Waals surface area contributed by atoms with Crippen LogP contribution in [0.15, 0.2) is 76.3 Å². The summed E-state index contributed by atoms with van der Waals surface area (Å²) in [6, 6.07) is 18.2. The van der Waals surface area contributed by atoms with Gasteiger partial charge in [-0.3, -0.25) is 9.59 Å². The average Bonchev–Trinajstić information content (AvgIpc) is 2.87. The van der Waals surface area contributed by atoms with Crippen LogP contribution < -0.4 is 25.0 Å². The molecule has 0 aliphatic heterocycles. The molecule has 0 aliphatic carbocycles. The smallest absolute Gasteiger partial charge is 0.343 e. The maximum Gasteiger partial charge on any atom is 0.343 e. The van der Waals surface area contributed by atoms with Crippen molar-refractivity contribution in [2.45, 2.75) is 0 Å². The van der Waals surface area contributed by atoms with Gasteiger partial charge in [-0.1, -0.05) is 22.0 Å². The zero-order valence-electron chi connectivity index (χ0n) is 18.9. The number of ether oxygens (including phenoxy) is 3. The van der Waals surface area contributed by atoms with Crippen LogP contribution in [0.5, 0.6) is 17.2 Å². The van der Waals surface area contributed by atoms with Crippen LogP contribution in [-0.2, 0) is 4.79 Å². The Labute approximate surface area is 210 Å². The van der Waals surface area contributed by atoms with Crippen molar-refractivity contribution in [3.8, 4) is 17.2 Å². The van der Waals surface area contributed by atoms with Gasteiger partial charge in [0.15, 0.2) is 11.5 Å². The molecule has 180 valence electrons. The molecule has 10 heteroatoms. The van der Waals surface area contributed by atoms with Crippen molar-refractivity contribution < 1.29 is 28.6 Å². The van der Waals surface area contributed by atoms with Gasteiger partial charge in [0, 0.05) is 10.0 Å². The summed E-state index contributed by atoms with van der Waals surface area (Å²) in [4.78, 5) is 36.4. The van der Waals surface area contributed by atoms with Gasteiger partial charge >= 0.3 is 5.97 Å². The third-order valence-electron chi connectivity index (χ3n) is 4.61. The summed E-state index contributed by atoms with van der Waals surface area (Å²) in [6.45, 7) is -0.269. The minimum atomic E-state index is -0.505. The van der Waals surface area contributed by atoms with Crippen LogP contribution in [0, 0.1) is 0 Å². The second-order valence-corrected chi connectivity index (χ2v) is 7.93. The van der Waals surface area contributed by atoms with Gasteiger partial charge in [0.1, 0.15) is 5.75 Å². The first-order valence-corrected chi connectivity index (χ1v) is 11.1. The molecule has 2 N–H and O–H groups in total. The highest BCUT2D eigenvalue weighted by atomic mass is 79.9. The lowest BCUT2D eigenvalue weighted by molar-refractivity contribution is -0.120. The Hall–Kier alpha value is -4.18. The number of esters is 1. The predicted octanol–water partition coefficient (Wildman–Crippen LogP) is 3.57. The zero-order valence-corrected chi connectivity index (χ0v) is 20.5. The molecule has 0 radical (unpaired) electrons. The molecule has 3 aromatic carbocycles. The molecular formula is C25H22BrN3O6. The minimum absolute atomic E-state index is 0.269. The first-order valence-electron chi connectivity index (χ1n) is 10.3. The van der Waals surface area contributed by atoms with E-state index in [-0.39, 0.29) is 6.54 Å². The largest absolute Gasteiger partial charge is 0.493 e. The van der Waals surface area contributed by atoms with Gasteiger partial charge in [-0.15, -0.1) is 0 Å². The molecule has 3 rings (SSSR count). The summed E-state index contributed by atoms with van der Waals surface area (Å²) in [5.41, 5.74) is 3.74. The number of hydrazone groups is 1. The average molecular weight is 540 g/mol. The Morgan fingerprint density at radius 2 is 1.66 bits per heavy atom. The van der Waals surface area contributed by atoms with Crippen LogP contribution in [0.2, 0.25) is 0 Å². The Balaban J connectivity index is 1.46. The highest BCUT2D eigenvalue weighted by Gasteiger charge is 2.12. The maximum atomic E-state index is 12.3. The first kappa shape index (κ1) is 25.4. The van der Waals surface area contributed by atoms with Crippen LogP contribution in [0.1, 0.15) is 26.3 Å². The van der Waals surface area contributed by atoms with E-state index >= 15 is 0 Å². The molecule has 0 unspecified atom stereocenters. The molecular weight excluding hydrogens is 518 g/mol. The lowest BCUT2D eigenvalue weighted by Crippen LogP contribution is -2.34. The van der Waals surface area contributed by atoms with Crippen molar-refractivity contribution in [1.82, 2.24) is 10.7 Å². The fourth-order valence-electron chi connectivity index (χ4n) is 2.86. The van der Waals surface area contributed by atoms with Gasteiger partial charge < -0.3 is 19.5 Å². The van der Waals surface area contributed by atoms with Gasteiger partial charge in [0.2, 0.25) is 0 Å². The Morgan fingerprint density at radius 3 is 2.34 bits per heavy atom. The number of amides is 2. The number of carbonyl (C=O) groups is 3. The molecule has 0 bridgehead atoms. The van der Waals surface area contributed by atoms with Crippen LogP contribution in [0.25, 0.3) is 0 Å². The number of carbonyl (C=O) groups excluding carboxylic acids is 3. The molecule has 2 amide bonds. The second kappa shape index (κ2) is 12.3. The van der Waals surface area contributed by atoms with E-state index in [1.807, 2.05) is 6.07 Å². The van der Waals surface area contributed by atoms with Crippen LogP contribution in [0.4, 0.5) is 0 Å². The van der Waals surface area contributed by atoms with E-state index in [1.165, 1.54) is 26.5 Å². The third kappa shape index (κ3) is 7.41. The molecule has 0 heterocycles. The SMILES string of the molecule is COc1ccc(C(=O)NCC(=O)N/N=C/c2ccc(OC(=O)c3cccc(Br)c3)cc2)cc1OC. The van der Waals surface area contributed by atoms with E-state index in [4.69, 9.17) is 14.2 Å². The highest BCUT2D eigenvalue weighted by molar-refractivity contribution is 9.10. The summed E-state index contributed by atoms with van der Waals surface area (Å²) in [7, 11) is 2.96. The predicted molar refractivity (Wildman–Crippen MR) is 133 cm³/mol. The van der Waals surface area contributed by atoms with Crippen molar-refractivity contribution in [2.75, 3.05) is 20.8 Å². The molecule has 9 nitrogen and oxygen atoms in total. The molecule has 35 heavy (non-hydrogen) atoms. The molecule has 0 fully saturated rings. The van der Waals surface area contributed by atoms with E-state index in [2.05, 4.69) is 31.8 Å². The number of nitrogens with zero attached hydrogens (tertiary/aromatic N) is 1. The molecule has 0 aromatic heterocycles. The number of hydrogen-bond donors (Lipinski definition) is 2. The van der Waals surface area contributed by atoms with E-state index in [0.717, 1.165) is 4.47 Å². The summed E-state index contributed by atoms with van der Waals surface area (Å²) >= 11 is 3.32. The van der Waals surface area contributed by atoms with Gasteiger partial charge in [0.25, 0.3) is 11.8 Å². The lowest BCUT2D eigenvalue weighted by Gasteiger charge is -2.09. The van der Waals surface area contributed by atoms with Gasteiger partial charge in [-0.2, -0.15) is 5.10 Å². The summed E-state index contributed by atoms with van der Waals surface area (Å²) in [5, 5.41) is 6.37. The van der Waals surface area contributed by atoms with Crippen LogP contribution >= 0.6 is 15.9 Å². The lowest BCUT2D eigenvalue weighted by atomic mass is 10.2. The highest BCUT2D eigenvalue weighted by Crippen LogP contribution is 2.27. The number of benzene rings is 3. The van der Waals surface area contributed by atoms with Crippen molar-refractivity contribution in [3.63, 3.8) is 0 Å². The van der Waals surface area contributed by atoms with Crippen LogP contribution in [0.3, 0.4) is 0 Å². The van der Waals surface area contributed by atoms with Crippen LogP contribution in [-0.4, -0.2) is 44.8 Å². The van der Waals surface area contributed by atoms with Crippen molar-refractivity contribution in [2.24, 2.45) is 5.10 Å². The fourth-order valence-corrected chi connectivity index (χ4v) is 3.26. The normalized spacial score (nSPS) is 10.5. The Kier molecular flexibility index (Phi) is 8.96. The summed E-state index contributed by atoms with van der Waals surface area (Å²) < 4.78 is 16.4. The number of hydrogen-bond acceptors (Lipinski definition) is 7. The second-order valence-electron chi connectivity index (χ2n) is 7.01. The summed E-state index contributed by atoms with van der Waals surface area (Å²) in [5.74, 6) is -0.160. The van der Waals surface area contributed by atoms with Crippen molar-refractivity contribution in [3.05, 3.63) is 87.9 Å². The molecule has 0 spiro atoms. The molecule has 0 aliphatic rings. The summed E-state index contributed by atoms with van der Waals surface area (Å²) in [6.07, 6.45) is 1.42. The van der Waals surface area contributed by atoms with Gasteiger partial charge in [-0.25, -0.2) is 10.2 Å². The Bertz CT molecular complexity index is 1240. The van der Waals surface area contributed by atoms with E-state index in [0.29, 0.717) is 33.9 Å². The minimum Gasteiger partial charge on any atom is -0.493 e. The Morgan fingerprint density at radius 1 is 0.914 bits per heavy atom. The van der Waals surface area contributed by atoms with Crippen molar-refractivity contribution in [1.29, 1.82) is 0 Å². The maximum absolute atomic E-state index is 12.3. The number of nitrogens with one attached hydrogen (secondary N) is 2. The standard InChI is InChI=1S/C25H22BrN3O6/c1-33-21-11-8-17(13-22(21)34-2)24(31)27-15-23(30)29-28-14-16-6-9-20(10-7-16)35-25(32)18-4-3-5-19(26)12-18/h3-14H,15H2,1-2H3,(H,27,31)(H,29,30)/b28-14+. The molecule has 0 saturated carbocycles. The quantitative estimate of drug-likeness (QED) is 0.186. The third-order valence-corrected chi connectivity index (χ3v) is 5.10. The van der Waals surface area contributed by atoms with E-state index in [1.54, 1.807) is 54.6 Å². The topological polar surface area (TPSA) is 115 Å². The zero-order chi connectivity index (χ0) is 25.2. The van der Waals surface area contributed by atoms with Crippen molar-refractivity contribution >= 4 is 39.9 Å². The first-order chi connectivity index (χ1) is 16.9. The molecule has 0 saturated heterocycles. The number of methoxy groups -OCH3 is 2. The number of rotatable bonds is 9. The van der Waals surface area contributed by atoms with Gasteiger partial charge in [-0.05, 0) is 66.2 Å². The van der Waals surface area contributed by atoms with Gasteiger partial charge in [0.05, 0.1) is 32.5 Å². The molecule has 3 aromatic rings. The van der Waals surface area contributed by atoms with E-state index in [9.17, 15) is 14.4 Å². The fraction of sp³-hybridized carbons (Fsp3) is 0.120.